The van der Waals surface area contributed by atoms with Gasteiger partial charge in [-0.1, -0.05) is 18.6 Å². The first-order chi connectivity index (χ1) is 15.7. The molecule has 2 heterocycles. The highest BCUT2D eigenvalue weighted by molar-refractivity contribution is 7.89. The van der Waals surface area contributed by atoms with Gasteiger partial charge in [0.2, 0.25) is 21.8 Å². The molecule has 1 saturated heterocycles. The fourth-order valence-electron chi connectivity index (χ4n) is 4.64. The molecule has 2 aromatic carbocycles. The zero-order valence-electron chi connectivity index (χ0n) is 19.4. The predicted molar refractivity (Wildman–Crippen MR) is 129 cm³/mol. The van der Waals surface area contributed by atoms with Crippen LogP contribution in [0, 0.1) is 13.8 Å². The molecule has 1 fully saturated rings. The lowest BCUT2D eigenvalue weighted by Crippen LogP contribution is -2.42. The first-order valence-corrected chi connectivity index (χ1v) is 12.9. The molecule has 1 unspecified atom stereocenters. The Morgan fingerprint density at radius 2 is 1.88 bits per heavy atom. The summed E-state index contributed by atoms with van der Waals surface area (Å²) in [6.07, 6.45) is 3.47. The first-order valence-electron chi connectivity index (χ1n) is 11.5. The standard InChI is InChI=1S/C25H31N3O4S/c1-17-7-8-18(2)22(14-17)26-24(29)16-27-23-11-10-21(15-20(23)9-12-25(27)30)33(31,32)28-13-5-4-6-19(28)3/h7-8,10-11,14-15,19H,4-6,9,12-13,16H2,1-3H3,(H,26,29). The SMILES string of the molecule is Cc1ccc(C)c(NC(=O)CN2C(=O)CCc3cc(S(=O)(=O)N4CCCCC4C)ccc32)c1. The summed E-state index contributed by atoms with van der Waals surface area (Å²) in [5.74, 6) is -0.428. The van der Waals surface area contributed by atoms with Crippen molar-refractivity contribution in [1.29, 1.82) is 0 Å². The number of aryl methyl sites for hydroxylation is 3. The molecule has 0 aromatic heterocycles. The molecule has 1 N–H and O–H groups in total. The van der Waals surface area contributed by atoms with Gasteiger partial charge in [-0.15, -0.1) is 0 Å². The highest BCUT2D eigenvalue weighted by Crippen LogP contribution is 2.32. The second kappa shape index (κ2) is 9.27. The second-order valence-electron chi connectivity index (χ2n) is 9.10. The summed E-state index contributed by atoms with van der Waals surface area (Å²) in [7, 11) is -3.60. The van der Waals surface area contributed by atoms with Gasteiger partial charge in [0.15, 0.2) is 0 Å². The number of piperidine rings is 1. The van der Waals surface area contributed by atoms with Crippen molar-refractivity contribution in [2.24, 2.45) is 0 Å². The maximum atomic E-state index is 13.3. The zero-order valence-corrected chi connectivity index (χ0v) is 20.2. The predicted octanol–water partition coefficient (Wildman–Crippen LogP) is 3.78. The number of fused-ring (bicyclic) bond motifs is 1. The minimum Gasteiger partial charge on any atom is -0.324 e. The van der Waals surface area contributed by atoms with Crippen LogP contribution in [-0.2, 0) is 26.0 Å². The van der Waals surface area contributed by atoms with E-state index < -0.39 is 10.0 Å². The third-order valence-corrected chi connectivity index (χ3v) is 8.58. The van der Waals surface area contributed by atoms with E-state index in [-0.39, 0.29) is 35.7 Å². The average Bonchev–Trinajstić information content (AvgIpc) is 2.78. The van der Waals surface area contributed by atoms with Gasteiger partial charge in [0, 0.05) is 30.4 Å². The van der Waals surface area contributed by atoms with Crippen LogP contribution in [0.2, 0.25) is 0 Å². The largest absolute Gasteiger partial charge is 0.324 e. The molecule has 2 amide bonds. The Hall–Kier alpha value is -2.71. The molecule has 33 heavy (non-hydrogen) atoms. The summed E-state index contributed by atoms with van der Waals surface area (Å²) in [5, 5.41) is 2.90. The van der Waals surface area contributed by atoms with Crippen LogP contribution < -0.4 is 10.2 Å². The van der Waals surface area contributed by atoms with E-state index in [4.69, 9.17) is 0 Å². The van der Waals surface area contributed by atoms with Crippen molar-refractivity contribution >= 4 is 33.2 Å². The van der Waals surface area contributed by atoms with Gasteiger partial charge in [-0.05, 0) is 81.0 Å². The molecule has 0 saturated carbocycles. The van der Waals surface area contributed by atoms with Crippen LogP contribution >= 0.6 is 0 Å². The van der Waals surface area contributed by atoms with Crippen molar-refractivity contribution < 1.29 is 18.0 Å². The van der Waals surface area contributed by atoms with Crippen molar-refractivity contribution in [1.82, 2.24) is 4.31 Å². The zero-order chi connectivity index (χ0) is 23.8. The lowest BCUT2D eigenvalue weighted by Gasteiger charge is -2.33. The van der Waals surface area contributed by atoms with Crippen LogP contribution in [0.4, 0.5) is 11.4 Å². The normalized spacial score (nSPS) is 19.3. The molecule has 7 nitrogen and oxygen atoms in total. The number of sulfonamides is 1. The summed E-state index contributed by atoms with van der Waals surface area (Å²) >= 11 is 0. The van der Waals surface area contributed by atoms with Crippen LogP contribution in [0.5, 0.6) is 0 Å². The maximum absolute atomic E-state index is 13.3. The molecule has 0 radical (unpaired) electrons. The molecule has 1 atom stereocenters. The molecular weight excluding hydrogens is 438 g/mol. The van der Waals surface area contributed by atoms with E-state index in [9.17, 15) is 18.0 Å². The minimum atomic E-state index is -3.60. The molecule has 176 valence electrons. The van der Waals surface area contributed by atoms with Crippen LogP contribution in [0.15, 0.2) is 41.3 Å². The number of carbonyl (C=O) groups is 2. The minimum absolute atomic E-state index is 0.0216. The number of carbonyl (C=O) groups excluding carboxylic acids is 2. The lowest BCUT2D eigenvalue weighted by molar-refractivity contribution is -0.121. The number of nitrogens with one attached hydrogen (secondary N) is 1. The van der Waals surface area contributed by atoms with Crippen LogP contribution in [0.1, 0.15) is 49.3 Å². The van der Waals surface area contributed by atoms with Crippen LogP contribution in [0.3, 0.4) is 0 Å². The molecule has 0 bridgehead atoms. The van der Waals surface area contributed by atoms with Gasteiger partial charge in [0.05, 0.1) is 4.90 Å². The average molecular weight is 470 g/mol. The van der Waals surface area contributed by atoms with Gasteiger partial charge >= 0.3 is 0 Å². The second-order valence-corrected chi connectivity index (χ2v) is 11.0. The molecule has 0 aliphatic carbocycles. The van der Waals surface area contributed by atoms with Gasteiger partial charge in [-0.25, -0.2) is 8.42 Å². The number of hydrogen-bond donors (Lipinski definition) is 1. The number of anilines is 2. The molecule has 2 aromatic rings. The van der Waals surface area contributed by atoms with E-state index >= 15 is 0 Å². The van der Waals surface area contributed by atoms with E-state index in [1.54, 1.807) is 22.5 Å². The van der Waals surface area contributed by atoms with E-state index in [1.807, 2.05) is 39.0 Å². The fourth-order valence-corrected chi connectivity index (χ4v) is 6.39. The van der Waals surface area contributed by atoms with Crippen molar-refractivity contribution in [2.45, 2.75) is 63.8 Å². The smallest absolute Gasteiger partial charge is 0.244 e. The topological polar surface area (TPSA) is 86.8 Å². The third kappa shape index (κ3) is 4.82. The number of nitrogens with zero attached hydrogens (tertiary/aromatic N) is 2. The Morgan fingerprint density at radius 3 is 2.64 bits per heavy atom. The summed E-state index contributed by atoms with van der Waals surface area (Å²) in [4.78, 5) is 27.1. The van der Waals surface area contributed by atoms with Gasteiger partial charge in [-0.3, -0.25) is 9.59 Å². The monoisotopic (exact) mass is 469 g/mol. The Balaban J connectivity index is 1.56. The van der Waals surface area contributed by atoms with Crippen molar-refractivity contribution in [2.75, 3.05) is 23.3 Å². The summed E-state index contributed by atoms with van der Waals surface area (Å²) < 4.78 is 28.1. The Morgan fingerprint density at radius 1 is 1.09 bits per heavy atom. The molecule has 0 spiro atoms. The highest BCUT2D eigenvalue weighted by Gasteiger charge is 2.33. The molecular formula is C25H31N3O4S. The quantitative estimate of drug-likeness (QED) is 0.722. The van der Waals surface area contributed by atoms with E-state index in [2.05, 4.69) is 5.32 Å². The van der Waals surface area contributed by atoms with Gasteiger partial charge in [-0.2, -0.15) is 4.31 Å². The number of rotatable bonds is 5. The van der Waals surface area contributed by atoms with Gasteiger partial charge in [0.1, 0.15) is 6.54 Å². The molecule has 8 heteroatoms. The maximum Gasteiger partial charge on any atom is 0.244 e. The summed E-state index contributed by atoms with van der Waals surface area (Å²) in [6, 6.07) is 10.7. The first kappa shape index (κ1) is 23.4. The van der Waals surface area contributed by atoms with Crippen LogP contribution in [0.25, 0.3) is 0 Å². The molecule has 2 aliphatic heterocycles. The van der Waals surface area contributed by atoms with Crippen molar-refractivity contribution in [3.63, 3.8) is 0 Å². The van der Waals surface area contributed by atoms with E-state index in [1.165, 1.54) is 4.90 Å². The molecule has 4 rings (SSSR count). The van der Waals surface area contributed by atoms with Crippen LogP contribution in [-0.4, -0.2) is 43.7 Å². The Bertz CT molecular complexity index is 1190. The van der Waals surface area contributed by atoms with Gasteiger partial charge in [0.25, 0.3) is 0 Å². The fraction of sp³-hybridized carbons (Fsp3) is 0.440. The summed E-state index contributed by atoms with van der Waals surface area (Å²) in [5.41, 5.74) is 4.09. The number of hydrogen-bond acceptors (Lipinski definition) is 4. The van der Waals surface area contributed by atoms with E-state index in [0.29, 0.717) is 18.7 Å². The Kier molecular flexibility index (Phi) is 6.59. The highest BCUT2D eigenvalue weighted by atomic mass is 32.2. The van der Waals surface area contributed by atoms with Crippen molar-refractivity contribution in [3.8, 4) is 0 Å². The number of amides is 2. The summed E-state index contributed by atoms with van der Waals surface area (Å²) in [6.45, 7) is 6.24. The van der Waals surface area contributed by atoms with Gasteiger partial charge < -0.3 is 10.2 Å². The Labute approximate surface area is 195 Å². The third-order valence-electron chi connectivity index (χ3n) is 6.57. The van der Waals surface area contributed by atoms with E-state index in [0.717, 1.165) is 41.6 Å². The van der Waals surface area contributed by atoms with Crippen molar-refractivity contribution in [3.05, 3.63) is 53.1 Å². The lowest BCUT2D eigenvalue weighted by atomic mass is 10.0. The number of benzene rings is 2. The molecule has 2 aliphatic rings.